The third kappa shape index (κ3) is 3.40. The number of rotatable bonds is 4. The minimum absolute atomic E-state index is 0.351. The Kier molecular flexibility index (Phi) is 5.04. The lowest BCUT2D eigenvalue weighted by Gasteiger charge is -2.25. The minimum Gasteiger partial charge on any atom is -0.295 e. The van der Waals surface area contributed by atoms with Crippen molar-refractivity contribution in [3.05, 3.63) is 105 Å². The zero-order valence-corrected chi connectivity index (χ0v) is 16.2. The van der Waals surface area contributed by atoms with Crippen LogP contribution in [-0.2, 0) is 6.54 Å². The maximum Gasteiger partial charge on any atom is 0.0595 e. The van der Waals surface area contributed by atoms with Crippen molar-refractivity contribution < 1.29 is 0 Å². The molecule has 1 aliphatic rings. The van der Waals surface area contributed by atoms with Crippen LogP contribution >= 0.6 is 23.2 Å². The van der Waals surface area contributed by atoms with Gasteiger partial charge in [-0.05, 0) is 47.9 Å². The number of benzene rings is 3. The molecule has 0 fully saturated rings. The summed E-state index contributed by atoms with van der Waals surface area (Å²) in [7, 11) is 2.21. The van der Waals surface area contributed by atoms with E-state index in [0.717, 1.165) is 13.0 Å². The van der Waals surface area contributed by atoms with Gasteiger partial charge < -0.3 is 0 Å². The average molecular weight is 382 g/mol. The molecule has 0 amide bonds. The molecule has 0 spiro atoms. The molecule has 3 aromatic carbocycles. The topological polar surface area (TPSA) is 3.24 Å². The van der Waals surface area contributed by atoms with Crippen LogP contribution in [0.25, 0.3) is 0 Å². The summed E-state index contributed by atoms with van der Waals surface area (Å²) < 4.78 is 0. The van der Waals surface area contributed by atoms with Gasteiger partial charge in [-0.3, -0.25) is 4.90 Å². The van der Waals surface area contributed by atoms with Gasteiger partial charge in [0.25, 0.3) is 0 Å². The molecular formula is C23H21Cl2N. The molecule has 0 heterocycles. The molecule has 0 radical (unpaired) electrons. The highest BCUT2D eigenvalue weighted by Crippen LogP contribution is 2.47. The second-order valence-corrected chi connectivity index (χ2v) is 7.82. The van der Waals surface area contributed by atoms with Crippen molar-refractivity contribution in [1.29, 1.82) is 0 Å². The highest BCUT2D eigenvalue weighted by atomic mass is 35.5. The third-order valence-corrected chi connectivity index (χ3v) is 6.08. The molecule has 132 valence electrons. The fourth-order valence-corrected chi connectivity index (χ4v) is 4.36. The summed E-state index contributed by atoms with van der Waals surface area (Å²) in [4.78, 5) is 2.45. The van der Waals surface area contributed by atoms with Crippen LogP contribution in [0.5, 0.6) is 0 Å². The number of hydrogen-bond donors (Lipinski definition) is 0. The van der Waals surface area contributed by atoms with Crippen molar-refractivity contribution in [2.24, 2.45) is 0 Å². The van der Waals surface area contributed by atoms with Gasteiger partial charge >= 0.3 is 0 Å². The molecule has 2 atom stereocenters. The Labute approximate surface area is 165 Å². The third-order valence-electron chi connectivity index (χ3n) is 5.34. The van der Waals surface area contributed by atoms with E-state index >= 15 is 0 Å². The van der Waals surface area contributed by atoms with E-state index in [0.29, 0.717) is 22.0 Å². The Morgan fingerprint density at radius 3 is 2.27 bits per heavy atom. The van der Waals surface area contributed by atoms with Crippen LogP contribution in [0.3, 0.4) is 0 Å². The van der Waals surface area contributed by atoms with E-state index < -0.39 is 0 Å². The zero-order valence-electron chi connectivity index (χ0n) is 14.7. The number of halogens is 2. The Hall–Kier alpha value is -1.80. The van der Waals surface area contributed by atoms with E-state index in [-0.39, 0.29) is 0 Å². The highest BCUT2D eigenvalue weighted by Gasteiger charge is 2.34. The summed E-state index contributed by atoms with van der Waals surface area (Å²) in [6, 6.07) is 25.8. The summed E-state index contributed by atoms with van der Waals surface area (Å²) in [5, 5.41) is 1.24. The second kappa shape index (κ2) is 7.44. The van der Waals surface area contributed by atoms with E-state index in [4.69, 9.17) is 23.2 Å². The first-order chi connectivity index (χ1) is 12.6. The van der Waals surface area contributed by atoms with Gasteiger partial charge in [-0.2, -0.15) is 0 Å². The molecule has 0 saturated carbocycles. The van der Waals surface area contributed by atoms with Crippen molar-refractivity contribution in [2.75, 3.05) is 7.05 Å². The number of fused-ring (bicyclic) bond motifs is 1. The van der Waals surface area contributed by atoms with Gasteiger partial charge in [-0.25, -0.2) is 0 Å². The smallest absolute Gasteiger partial charge is 0.0595 e. The maximum atomic E-state index is 6.28. The van der Waals surface area contributed by atoms with E-state index in [2.05, 4.69) is 72.6 Å². The van der Waals surface area contributed by atoms with Crippen LogP contribution in [0.15, 0.2) is 72.8 Å². The highest BCUT2D eigenvalue weighted by molar-refractivity contribution is 6.42. The Balaban J connectivity index is 1.65. The first kappa shape index (κ1) is 17.6. The van der Waals surface area contributed by atoms with Gasteiger partial charge in [0.15, 0.2) is 0 Å². The Morgan fingerprint density at radius 1 is 0.846 bits per heavy atom. The molecule has 0 aromatic heterocycles. The zero-order chi connectivity index (χ0) is 18.1. The van der Waals surface area contributed by atoms with Gasteiger partial charge in [0.2, 0.25) is 0 Å². The molecular weight excluding hydrogens is 361 g/mol. The van der Waals surface area contributed by atoms with Crippen molar-refractivity contribution >= 4 is 23.2 Å². The van der Waals surface area contributed by atoms with Crippen LogP contribution < -0.4 is 0 Å². The number of hydrogen-bond acceptors (Lipinski definition) is 1. The second-order valence-electron chi connectivity index (χ2n) is 7.01. The first-order valence-corrected chi connectivity index (χ1v) is 9.67. The predicted molar refractivity (Wildman–Crippen MR) is 110 cm³/mol. The predicted octanol–water partition coefficient (Wildman–Crippen LogP) is 6.70. The quantitative estimate of drug-likeness (QED) is 0.485. The monoisotopic (exact) mass is 381 g/mol. The SMILES string of the molecule is CN(Cc1ccccc1)[C@H]1C[C@H](c2ccc(Cl)c(Cl)c2)c2ccccc21. The molecule has 0 N–H and O–H groups in total. The normalized spacial score (nSPS) is 18.9. The standard InChI is InChI=1S/C23H21Cl2N/c1-26(15-16-7-3-2-4-8-16)23-14-20(18-9-5-6-10-19(18)23)17-11-12-21(24)22(25)13-17/h2-13,20,23H,14-15H2,1H3/t20-,23+/m1/s1. The molecule has 4 rings (SSSR count). The van der Waals surface area contributed by atoms with Gasteiger partial charge in [0.1, 0.15) is 0 Å². The minimum atomic E-state index is 0.351. The molecule has 0 aliphatic heterocycles. The van der Waals surface area contributed by atoms with Crippen molar-refractivity contribution in [1.82, 2.24) is 4.90 Å². The lowest BCUT2D eigenvalue weighted by molar-refractivity contribution is 0.232. The van der Waals surface area contributed by atoms with Crippen molar-refractivity contribution in [2.45, 2.75) is 24.9 Å². The molecule has 0 bridgehead atoms. The summed E-state index contributed by atoms with van der Waals surface area (Å²) in [5.74, 6) is 0.351. The lowest BCUT2D eigenvalue weighted by atomic mass is 9.93. The lowest BCUT2D eigenvalue weighted by Crippen LogP contribution is -2.22. The number of nitrogens with zero attached hydrogens (tertiary/aromatic N) is 1. The van der Waals surface area contributed by atoms with Crippen LogP contribution in [0.1, 0.15) is 40.6 Å². The molecule has 0 unspecified atom stereocenters. The van der Waals surface area contributed by atoms with Crippen LogP contribution in [-0.4, -0.2) is 11.9 Å². The van der Waals surface area contributed by atoms with Crippen molar-refractivity contribution in [3.63, 3.8) is 0 Å². The van der Waals surface area contributed by atoms with E-state index in [9.17, 15) is 0 Å². The molecule has 1 aliphatic carbocycles. The molecule has 0 saturated heterocycles. The fourth-order valence-electron chi connectivity index (χ4n) is 4.05. The molecule has 1 nitrogen and oxygen atoms in total. The average Bonchev–Trinajstić information content (AvgIpc) is 3.05. The molecule has 26 heavy (non-hydrogen) atoms. The Morgan fingerprint density at radius 2 is 1.54 bits per heavy atom. The Bertz CT molecular complexity index is 907. The largest absolute Gasteiger partial charge is 0.295 e. The van der Waals surface area contributed by atoms with Crippen LogP contribution in [0, 0.1) is 0 Å². The van der Waals surface area contributed by atoms with Crippen molar-refractivity contribution in [3.8, 4) is 0 Å². The summed E-state index contributed by atoms with van der Waals surface area (Å²) in [6.07, 6.45) is 1.06. The van der Waals surface area contributed by atoms with Gasteiger partial charge in [-0.1, -0.05) is 83.9 Å². The molecule has 3 heteroatoms. The van der Waals surface area contributed by atoms with E-state index in [1.807, 2.05) is 12.1 Å². The van der Waals surface area contributed by atoms with Crippen LogP contribution in [0.2, 0.25) is 10.0 Å². The van der Waals surface area contributed by atoms with Gasteiger partial charge in [0, 0.05) is 18.5 Å². The summed E-state index contributed by atoms with van der Waals surface area (Å²) in [5.41, 5.74) is 5.39. The van der Waals surface area contributed by atoms with Gasteiger partial charge in [-0.15, -0.1) is 0 Å². The molecule has 3 aromatic rings. The van der Waals surface area contributed by atoms with Gasteiger partial charge in [0.05, 0.1) is 10.0 Å². The maximum absolute atomic E-state index is 6.28. The van der Waals surface area contributed by atoms with E-state index in [1.54, 1.807) is 0 Å². The van der Waals surface area contributed by atoms with E-state index in [1.165, 1.54) is 22.3 Å². The summed E-state index contributed by atoms with van der Waals surface area (Å²) >= 11 is 12.4. The van der Waals surface area contributed by atoms with Crippen LogP contribution in [0.4, 0.5) is 0 Å². The first-order valence-electron chi connectivity index (χ1n) is 8.91. The fraction of sp³-hybridized carbons (Fsp3) is 0.217. The summed E-state index contributed by atoms with van der Waals surface area (Å²) in [6.45, 7) is 0.938.